The van der Waals surface area contributed by atoms with Crippen LogP contribution in [0.4, 0.5) is 0 Å². The molecule has 71 valence electrons. The van der Waals surface area contributed by atoms with Crippen molar-refractivity contribution >= 4 is 0 Å². The zero-order valence-electron chi connectivity index (χ0n) is 7.94. The second kappa shape index (κ2) is 4.13. The van der Waals surface area contributed by atoms with Gasteiger partial charge in [-0.25, -0.2) is 0 Å². The molecule has 2 aliphatic rings. The summed E-state index contributed by atoms with van der Waals surface area (Å²) in [7, 11) is 0. The summed E-state index contributed by atoms with van der Waals surface area (Å²) < 4.78 is 3.36. The number of hydrogen-bond donors (Lipinski definition) is 0. The molecule has 0 radical (unpaired) electrons. The Hall–Kier alpha value is -0.521. The molecule has 0 amide bonds. The minimum absolute atomic E-state index is 0.153. The van der Waals surface area contributed by atoms with E-state index in [9.17, 15) is 0 Å². The van der Waals surface area contributed by atoms with Gasteiger partial charge in [0, 0.05) is 0 Å². The third kappa shape index (κ3) is 1.87. The third-order valence-electron chi connectivity index (χ3n) is 2.23. The second-order valence-corrected chi connectivity index (χ2v) is 6.30. The summed E-state index contributed by atoms with van der Waals surface area (Å²) in [4.78, 5) is 0. The molecule has 0 fully saturated rings. The monoisotopic (exact) mass is 215 g/mol. The van der Waals surface area contributed by atoms with Gasteiger partial charge in [-0.3, -0.25) is 0 Å². The molecule has 2 aliphatic carbocycles. The molecule has 0 unspecified atom stereocenters. The molecule has 0 aromatic heterocycles. The van der Waals surface area contributed by atoms with E-state index in [0.717, 1.165) is 0 Å². The van der Waals surface area contributed by atoms with Crippen LogP contribution in [0.2, 0.25) is 5.32 Å². The van der Waals surface area contributed by atoms with E-state index in [-0.39, 0.29) is 13.9 Å². The summed E-state index contributed by atoms with van der Waals surface area (Å²) in [5, 5.41) is 1.32. The van der Waals surface area contributed by atoms with E-state index >= 15 is 0 Å². The van der Waals surface area contributed by atoms with Crippen LogP contribution in [0.15, 0.2) is 45.4 Å². The van der Waals surface area contributed by atoms with E-state index in [1.807, 2.05) is 0 Å². The molecule has 2 rings (SSSR count). The summed E-state index contributed by atoms with van der Waals surface area (Å²) in [5.41, 5.74) is 0. The summed E-state index contributed by atoms with van der Waals surface area (Å²) >= 11 is -0.153. The van der Waals surface area contributed by atoms with E-state index in [4.69, 9.17) is 0 Å². The summed E-state index contributed by atoms with van der Waals surface area (Å²) in [6, 6.07) is 0. The van der Waals surface area contributed by atoms with Gasteiger partial charge in [0.15, 0.2) is 0 Å². The van der Waals surface area contributed by atoms with Crippen molar-refractivity contribution in [1.29, 1.82) is 0 Å². The molecule has 0 saturated carbocycles. The zero-order chi connectivity index (χ0) is 9.10. The molecule has 0 atom stereocenters. The van der Waals surface area contributed by atoms with Crippen molar-refractivity contribution < 1.29 is 13.9 Å². The number of allylic oxidation sites excluding steroid dienone is 8. The van der Waals surface area contributed by atoms with Crippen molar-refractivity contribution in [1.82, 2.24) is 0 Å². The summed E-state index contributed by atoms with van der Waals surface area (Å²) in [5.74, 6) is 0. The van der Waals surface area contributed by atoms with Crippen LogP contribution in [0, 0.1) is 0 Å². The van der Waals surface area contributed by atoms with Gasteiger partial charge in [-0.15, -0.1) is 0 Å². The van der Waals surface area contributed by atoms with Crippen LogP contribution < -0.4 is 0 Å². The SMILES string of the molecule is C[CH2][Fe]([C]1=CC=CC1)[C]1=CC=CC1. The van der Waals surface area contributed by atoms with Crippen LogP contribution in [0.1, 0.15) is 19.8 Å². The quantitative estimate of drug-likeness (QED) is 0.629. The first-order chi connectivity index (χ1) is 6.42. The molecule has 0 aromatic rings. The van der Waals surface area contributed by atoms with Gasteiger partial charge in [0.2, 0.25) is 0 Å². The van der Waals surface area contributed by atoms with E-state index in [2.05, 4.69) is 43.4 Å². The molecule has 0 aromatic carbocycles. The van der Waals surface area contributed by atoms with Crippen molar-refractivity contribution in [3.8, 4) is 0 Å². The Bertz CT molecular complexity index is 275. The van der Waals surface area contributed by atoms with E-state index in [0.29, 0.717) is 0 Å². The minimum atomic E-state index is -0.153. The van der Waals surface area contributed by atoms with Crippen LogP contribution in [-0.2, 0) is 13.9 Å². The van der Waals surface area contributed by atoms with Crippen molar-refractivity contribution in [3.63, 3.8) is 0 Å². The Morgan fingerprint density at radius 2 is 1.62 bits per heavy atom. The number of hydrogen-bond acceptors (Lipinski definition) is 0. The predicted octanol–water partition coefficient (Wildman–Crippen LogP) is 3.73. The van der Waals surface area contributed by atoms with Crippen LogP contribution in [0.5, 0.6) is 0 Å². The van der Waals surface area contributed by atoms with Crippen molar-refractivity contribution in [2.75, 3.05) is 0 Å². The topological polar surface area (TPSA) is 0 Å². The Labute approximate surface area is 84.6 Å². The molecule has 0 nitrogen and oxygen atoms in total. The van der Waals surface area contributed by atoms with Gasteiger partial charge in [0.05, 0.1) is 0 Å². The van der Waals surface area contributed by atoms with Crippen LogP contribution in [0.3, 0.4) is 0 Å². The maximum absolute atomic E-state index is 2.32. The van der Waals surface area contributed by atoms with Gasteiger partial charge in [-0.1, -0.05) is 0 Å². The van der Waals surface area contributed by atoms with E-state index < -0.39 is 0 Å². The maximum atomic E-state index is 2.32. The zero-order valence-corrected chi connectivity index (χ0v) is 9.04. The van der Waals surface area contributed by atoms with Crippen molar-refractivity contribution in [3.05, 3.63) is 45.4 Å². The fraction of sp³-hybridized carbons (Fsp3) is 0.333. The molecule has 0 saturated heterocycles. The molecule has 0 aliphatic heterocycles. The fourth-order valence-electron chi connectivity index (χ4n) is 1.62. The molecule has 0 bridgehead atoms. The average Bonchev–Trinajstić information content (AvgIpc) is 2.76. The van der Waals surface area contributed by atoms with Crippen LogP contribution >= 0.6 is 0 Å². The number of rotatable bonds is 3. The molecule has 0 spiro atoms. The van der Waals surface area contributed by atoms with Gasteiger partial charge in [-0.2, -0.15) is 0 Å². The third-order valence-corrected chi connectivity index (χ3v) is 5.54. The molecule has 1 heteroatoms. The van der Waals surface area contributed by atoms with Gasteiger partial charge in [0.25, 0.3) is 0 Å². The first kappa shape index (κ1) is 9.05. The van der Waals surface area contributed by atoms with Crippen molar-refractivity contribution in [2.24, 2.45) is 0 Å². The van der Waals surface area contributed by atoms with Crippen LogP contribution in [-0.4, -0.2) is 0 Å². The standard InChI is InChI=1S/2C5H5.C2H5.Fe/c2*1-2-4-5-3-1;1-2;/h2*1-3H,4H2;1H2,2H3;. The summed E-state index contributed by atoms with van der Waals surface area (Å²) in [6.07, 6.45) is 16.0. The molecular weight excluding hydrogens is 200 g/mol. The Balaban J connectivity index is 2.09. The average molecular weight is 215 g/mol. The molecular formula is C12H15Fe. The molecule has 13 heavy (non-hydrogen) atoms. The van der Waals surface area contributed by atoms with Gasteiger partial charge >= 0.3 is 84.4 Å². The predicted molar refractivity (Wildman–Crippen MR) is 54.2 cm³/mol. The van der Waals surface area contributed by atoms with E-state index in [1.165, 1.54) is 18.2 Å². The molecule has 0 heterocycles. The van der Waals surface area contributed by atoms with Gasteiger partial charge in [0.1, 0.15) is 0 Å². The van der Waals surface area contributed by atoms with Crippen LogP contribution in [0.25, 0.3) is 0 Å². The first-order valence-corrected chi connectivity index (χ1v) is 6.63. The Morgan fingerprint density at radius 3 is 1.92 bits per heavy atom. The Morgan fingerprint density at radius 1 is 1.08 bits per heavy atom. The normalized spacial score (nSPS) is 20.5. The van der Waals surface area contributed by atoms with Gasteiger partial charge in [-0.05, 0) is 0 Å². The second-order valence-electron chi connectivity index (χ2n) is 3.05. The first-order valence-electron chi connectivity index (χ1n) is 4.74. The molecule has 0 N–H and O–H groups in total. The van der Waals surface area contributed by atoms with Gasteiger partial charge < -0.3 is 0 Å². The summed E-state index contributed by atoms with van der Waals surface area (Å²) in [6.45, 7) is 2.32. The van der Waals surface area contributed by atoms with E-state index in [1.54, 1.807) is 8.94 Å². The fourth-order valence-corrected chi connectivity index (χ4v) is 4.53. The van der Waals surface area contributed by atoms with Crippen molar-refractivity contribution in [2.45, 2.75) is 25.1 Å². The Kier molecular flexibility index (Phi) is 2.87.